The van der Waals surface area contributed by atoms with Crippen molar-refractivity contribution in [2.75, 3.05) is 26.2 Å². The summed E-state index contributed by atoms with van der Waals surface area (Å²) in [7, 11) is 0. The smallest absolute Gasteiger partial charge is 0.0491 e. The molecular formula is C27H39Cl4N3. The van der Waals surface area contributed by atoms with E-state index in [-0.39, 0.29) is 24.8 Å². The standard InChI is InChI=1S/C27H37Cl2N3.2ClH/c1-3-5-15-31(16-6-4-2)17-9-14-30-19-23-21-32(27-11-8-7-10-25(23)27)20-22-12-13-24(28)18-26(22)29;;/h7-8,10-13,18,21,30H,3-6,9,14-17,19-20H2,1-2H3;2*1H. The van der Waals surface area contributed by atoms with Gasteiger partial charge in [-0.3, -0.25) is 0 Å². The maximum Gasteiger partial charge on any atom is 0.0491 e. The first-order valence-corrected chi connectivity index (χ1v) is 12.8. The van der Waals surface area contributed by atoms with Crippen LogP contribution in [0.1, 0.15) is 57.1 Å². The molecule has 0 fully saturated rings. The molecule has 3 aromatic rings. The first-order chi connectivity index (χ1) is 15.6. The van der Waals surface area contributed by atoms with E-state index in [0.29, 0.717) is 10.0 Å². The van der Waals surface area contributed by atoms with Gasteiger partial charge in [-0.1, -0.05) is 74.2 Å². The molecule has 1 N–H and O–H groups in total. The number of unbranched alkanes of at least 4 members (excludes halogenated alkanes) is 2. The van der Waals surface area contributed by atoms with Gasteiger partial charge in [0.1, 0.15) is 0 Å². The van der Waals surface area contributed by atoms with Crippen LogP contribution in [0.2, 0.25) is 10.0 Å². The Kier molecular flexibility index (Phi) is 15.3. The Balaban J connectivity index is 0.00000289. The minimum Gasteiger partial charge on any atom is -0.343 e. The molecule has 190 valence electrons. The zero-order chi connectivity index (χ0) is 22.8. The van der Waals surface area contributed by atoms with Gasteiger partial charge in [0.15, 0.2) is 0 Å². The highest BCUT2D eigenvalue weighted by atomic mass is 35.5. The molecule has 0 atom stereocenters. The number of fused-ring (bicyclic) bond motifs is 1. The third-order valence-electron chi connectivity index (χ3n) is 6.03. The number of halogens is 4. The van der Waals surface area contributed by atoms with Crippen LogP contribution in [-0.4, -0.2) is 35.6 Å². The van der Waals surface area contributed by atoms with Crippen LogP contribution in [0.5, 0.6) is 0 Å². The minimum absolute atomic E-state index is 0. The average Bonchev–Trinajstić information content (AvgIpc) is 3.14. The minimum atomic E-state index is 0. The number of hydrogen-bond acceptors (Lipinski definition) is 2. The molecule has 2 aromatic carbocycles. The van der Waals surface area contributed by atoms with E-state index in [0.717, 1.165) is 25.2 Å². The molecule has 0 aliphatic heterocycles. The van der Waals surface area contributed by atoms with E-state index in [4.69, 9.17) is 23.2 Å². The third-order valence-corrected chi connectivity index (χ3v) is 6.61. The van der Waals surface area contributed by atoms with Crippen molar-refractivity contribution in [2.24, 2.45) is 0 Å². The molecule has 0 aliphatic rings. The first-order valence-electron chi connectivity index (χ1n) is 12.1. The topological polar surface area (TPSA) is 20.2 Å². The second kappa shape index (κ2) is 16.7. The molecule has 3 nitrogen and oxygen atoms in total. The van der Waals surface area contributed by atoms with Crippen LogP contribution in [0.3, 0.4) is 0 Å². The molecule has 0 radical (unpaired) electrons. The summed E-state index contributed by atoms with van der Waals surface area (Å²) in [5, 5.41) is 6.36. The summed E-state index contributed by atoms with van der Waals surface area (Å²) in [4.78, 5) is 2.64. The summed E-state index contributed by atoms with van der Waals surface area (Å²) in [5.41, 5.74) is 3.65. The molecule has 7 heteroatoms. The van der Waals surface area contributed by atoms with Crippen molar-refractivity contribution in [1.29, 1.82) is 0 Å². The van der Waals surface area contributed by atoms with Gasteiger partial charge in [-0.2, -0.15) is 0 Å². The van der Waals surface area contributed by atoms with Gasteiger partial charge in [0.25, 0.3) is 0 Å². The molecule has 0 bridgehead atoms. The Hall–Kier alpha value is -0.940. The molecular weight excluding hydrogens is 508 g/mol. The second-order valence-electron chi connectivity index (χ2n) is 8.61. The van der Waals surface area contributed by atoms with Gasteiger partial charge < -0.3 is 14.8 Å². The number of aromatic nitrogens is 1. The monoisotopic (exact) mass is 545 g/mol. The fourth-order valence-corrected chi connectivity index (χ4v) is 4.65. The van der Waals surface area contributed by atoms with E-state index in [1.807, 2.05) is 18.2 Å². The van der Waals surface area contributed by atoms with Crippen molar-refractivity contribution in [1.82, 2.24) is 14.8 Å². The predicted octanol–water partition coefficient (Wildman–Crippen LogP) is 8.22. The second-order valence-corrected chi connectivity index (χ2v) is 9.46. The van der Waals surface area contributed by atoms with Crippen LogP contribution in [-0.2, 0) is 13.1 Å². The van der Waals surface area contributed by atoms with Crippen molar-refractivity contribution in [2.45, 2.75) is 59.0 Å². The van der Waals surface area contributed by atoms with Crippen molar-refractivity contribution in [3.8, 4) is 0 Å². The number of nitrogens with zero attached hydrogens (tertiary/aromatic N) is 2. The molecule has 0 aliphatic carbocycles. The van der Waals surface area contributed by atoms with Gasteiger partial charge in [-0.05, 0) is 74.8 Å². The fraction of sp³-hybridized carbons (Fsp3) is 0.481. The van der Waals surface area contributed by atoms with E-state index in [9.17, 15) is 0 Å². The van der Waals surface area contributed by atoms with E-state index in [1.165, 1.54) is 68.2 Å². The van der Waals surface area contributed by atoms with Crippen LogP contribution in [0.15, 0.2) is 48.7 Å². The van der Waals surface area contributed by atoms with Gasteiger partial charge in [-0.15, -0.1) is 24.8 Å². The van der Waals surface area contributed by atoms with Gasteiger partial charge in [0, 0.05) is 40.2 Å². The van der Waals surface area contributed by atoms with Crippen molar-refractivity contribution in [3.63, 3.8) is 0 Å². The Labute approximate surface area is 228 Å². The van der Waals surface area contributed by atoms with Gasteiger partial charge in [-0.25, -0.2) is 0 Å². The van der Waals surface area contributed by atoms with Gasteiger partial charge in [0.05, 0.1) is 0 Å². The lowest BCUT2D eigenvalue weighted by atomic mass is 10.2. The van der Waals surface area contributed by atoms with Crippen LogP contribution in [0.4, 0.5) is 0 Å². The van der Waals surface area contributed by atoms with E-state index in [1.54, 1.807) is 0 Å². The predicted molar refractivity (Wildman–Crippen MR) is 155 cm³/mol. The summed E-state index contributed by atoms with van der Waals surface area (Å²) in [6, 6.07) is 14.3. The summed E-state index contributed by atoms with van der Waals surface area (Å²) < 4.78 is 2.29. The van der Waals surface area contributed by atoms with Crippen LogP contribution >= 0.6 is 48.0 Å². The van der Waals surface area contributed by atoms with Crippen LogP contribution in [0, 0.1) is 0 Å². The largest absolute Gasteiger partial charge is 0.343 e. The van der Waals surface area contributed by atoms with Crippen molar-refractivity contribution in [3.05, 3.63) is 69.8 Å². The molecule has 0 amide bonds. The summed E-state index contributed by atoms with van der Waals surface area (Å²) in [6.07, 6.45) is 8.59. The lowest BCUT2D eigenvalue weighted by molar-refractivity contribution is 0.261. The zero-order valence-corrected chi connectivity index (χ0v) is 23.5. The lowest BCUT2D eigenvalue weighted by Crippen LogP contribution is -2.29. The number of hydrogen-bond donors (Lipinski definition) is 1. The molecule has 1 aromatic heterocycles. The molecule has 0 unspecified atom stereocenters. The molecule has 0 spiro atoms. The Morgan fingerprint density at radius 3 is 2.21 bits per heavy atom. The van der Waals surface area contributed by atoms with Crippen molar-refractivity contribution < 1.29 is 0 Å². The maximum absolute atomic E-state index is 6.43. The fourth-order valence-electron chi connectivity index (χ4n) is 4.18. The Morgan fingerprint density at radius 2 is 1.53 bits per heavy atom. The quantitative estimate of drug-likeness (QED) is 0.205. The summed E-state index contributed by atoms with van der Waals surface area (Å²) >= 11 is 12.5. The number of benzene rings is 2. The highest BCUT2D eigenvalue weighted by Gasteiger charge is 2.10. The van der Waals surface area contributed by atoms with E-state index in [2.05, 4.69) is 59.1 Å². The molecule has 34 heavy (non-hydrogen) atoms. The highest BCUT2D eigenvalue weighted by molar-refractivity contribution is 6.35. The van der Waals surface area contributed by atoms with Gasteiger partial charge in [0.2, 0.25) is 0 Å². The number of para-hydroxylation sites is 1. The van der Waals surface area contributed by atoms with Crippen LogP contribution < -0.4 is 5.32 Å². The molecule has 3 rings (SSSR count). The normalized spacial score (nSPS) is 11.0. The maximum atomic E-state index is 6.43. The highest BCUT2D eigenvalue weighted by Crippen LogP contribution is 2.26. The molecule has 0 saturated carbocycles. The third kappa shape index (κ3) is 9.26. The van der Waals surface area contributed by atoms with Crippen molar-refractivity contribution >= 4 is 58.9 Å². The molecule has 1 heterocycles. The number of rotatable bonds is 14. The van der Waals surface area contributed by atoms with Crippen LogP contribution in [0.25, 0.3) is 10.9 Å². The Morgan fingerprint density at radius 1 is 0.853 bits per heavy atom. The van der Waals surface area contributed by atoms with E-state index < -0.39 is 0 Å². The molecule has 0 saturated heterocycles. The zero-order valence-electron chi connectivity index (χ0n) is 20.4. The number of nitrogens with one attached hydrogen (secondary N) is 1. The first kappa shape index (κ1) is 31.1. The summed E-state index contributed by atoms with van der Waals surface area (Å²) in [6.45, 7) is 10.9. The van der Waals surface area contributed by atoms with E-state index >= 15 is 0 Å². The summed E-state index contributed by atoms with van der Waals surface area (Å²) in [5.74, 6) is 0. The average molecular weight is 547 g/mol. The Bertz CT molecular complexity index is 966. The van der Waals surface area contributed by atoms with Gasteiger partial charge >= 0.3 is 0 Å². The SMILES string of the molecule is CCCCN(CCCC)CCCNCc1cn(Cc2ccc(Cl)cc2Cl)c2ccccc12.Cl.Cl. The lowest BCUT2D eigenvalue weighted by Gasteiger charge is -2.21.